The number of ether oxygens (including phenoxy) is 2. The molecule has 4 N–H and O–H groups in total. The number of cyclic esters (lactones) is 1. The maximum Gasteiger partial charge on any atom is 0.328 e. The van der Waals surface area contributed by atoms with Crippen LogP contribution in [0.5, 0.6) is 0 Å². The molecule has 1 aliphatic heterocycles. The van der Waals surface area contributed by atoms with Crippen molar-refractivity contribution in [3.05, 3.63) is 24.3 Å². The number of carboxylic acid groups (broad SMARTS) is 1. The van der Waals surface area contributed by atoms with Gasteiger partial charge < -0.3 is 25.6 Å². The molecule has 5 atom stereocenters. The summed E-state index contributed by atoms with van der Waals surface area (Å²) >= 11 is 0. The third-order valence-electron chi connectivity index (χ3n) is 7.45. The van der Waals surface area contributed by atoms with Crippen LogP contribution in [-0.2, 0) is 28.7 Å². The summed E-state index contributed by atoms with van der Waals surface area (Å²) in [5.41, 5.74) is 5.22. The fourth-order valence-corrected chi connectivity index (χ4v) is 4.95. The van der Waals surface area contributed by atoms with Gasteiger partial charge in [-0.15, -0.1) is 0 Å². The minimum absolute atomic E-state index is 0.109. The van der Waals surface area contributed by atoms with Crippen molar-refractivity contribution in [2.75, 3.05) is 0 Å². The van der Waals surface area contributed by atoms with Gasteiger partial charge in [-0.1, -0.05) is 104 Å². The fraction of sp³-hybridized carbons (Fsp3) is 0.771. The first-order valence-electron chi connectivity index (χ1n) is 16.9. The summed E-state index contributed by atoms with van der Waals surface area (Å²) in [7, 11) is 0. The molecule has 1 saturated heterocycles. The van der Waals surface area contributed by atoms with E-state index >= 15 is 0 Å². The Morgan fingerprint density at radius 3 is 2.14 bits per heavy atom. The number of hydrogen-bond acceptors (Lipinski definition) is 7. The average molecular weight is 623 g/mol. The van der Waals surface area contributed by atoms with Crippen molar-refractivity contribution in [3.63, 3.8) is 0 Å². The molecule has 1 heterocycles. The lowest BCUT2D eigenvalue weighted by molar-refractivity contribution is -0.190. The number of aliphatic carboxylic acids is 1. The van der Waals surface area contributed by atoms with E-state index in [1.54, 1.807) is 0 Å². The van der Waals surface area contributed by atoms with Crippen LogP contribution in [0.4, 0.5) is 0 Å². The molecule has 0 saturated carbocycles. The third kappa shape index (κ3) is 20.3. The first-order chi connectivity index (χ1) is 21.0. The van der Waals surface area contributed by atoms with Crippen LogP contribution in [0, 0.1) is 17.8 Å². The summed E-state index contributed by atoms with van der Waals surface area (Å²) in [6, 6.07) is -1.36. The zero-order valence-electron chi connectivity index (χ0n) is 28.3. The molecule has 9 nitrogen and oxygen atoms in total. The summed E-state index contributed by atoms with van der Waals surface area (Å²) in [6.45, 7) is 12.3. The number of carbonyl (C=O) groups is 4. The van der Waals surface area contributed by atoms with Gasteiger partial charge in [0.25, 0.3) is 0 Å². The fourth-order valence-electron chi connectivity index (χ4n) is 4.95. The van der Waals surface area contributed by atoms with Crippen LogP contribution >= 0.6 is 0 Å². The molecule has 0 spiro atoms. The highest BCUT2D eigenvalue weighted by Gasteiger charge is 2.43. The standard InChI is InChI=1S/C29H49NO5.C6H13NO2/c1-5-7-9-11-12-13-14-15-16-18-24(34-29(33)26(30-22-31)20-23(3)4)21-27-25(28(32)35-27)19-17-10-8-6-2;1-4(2)3-5(7)6(8)9/h12-13,15-16,22-27H,5-11,14,17-21H2,1-4H3,(H,30,31);4-5H,3,7H2,1-2H3,(H,8,9)/b13-12-,16-15-;/t24-,25-,26-,27-;5-/m00/s1. The first-order valence-corrected chi connectivity index (χ1v) is 16.9. The number of esters is 2. The maximum atomic E-state index is 12.8. The van der Waals surface area contributed by atoms with Gasteiger partial charge in [-0.3, -0.25) is 14.4 Å². The third-order valence-corrected chi connectivity index (χ3v) is 7.45. The van der Waals surface area contributed by atoms with E-state index in [9.17, 15) is 19.2 Å². The number of unbranched alkanes of at least 4 members (excludes halogenated alkanes) is 6. The molecule has 9 heteroatoms. The molecule has 44 heavy (non-hydrogen) atoms. The van der Waals surface area contributed by atoms with Gasteiger partial charge in [-0.25, -0.2) is 4.79 Å². The largest absolute Gasteiger partial charge is 0.480 e. The molecule has 0 aliphatic carbocycles. The molecule has 0 aromatic carbocycles. The minimum Gasteiger partial charge on any atom is -0.480 e. The monoisotopic (exact) mass is 622 g/mol. The van der Waals surface area contributed by atoms with E-state index in [1.807, 2.05) is 33.8 Å². The zero-order chi connectivity index (χ0) is 33.3. The van der Waals surface area contributed by atoms with Gasteiger partial charge in [0, 0.05) is 12.8 Å². The Hall–Kier alpha value is -2.68. The van der Waals surface area contributed by atoms with Crippen molar-refractivity contribution < 1.29 is 33.8 Å². The summed E-state index contributed by atoms with van der Waals surface area (Å²) in [4.78, 5) is 46.0. The lowest BCUT2D eigenvalue weighted by Gasteiger charge is -2.37. The lowest BCUT2D eigenvalue weighted by atomic mass is 9.87. The molecular weight excluding hydrogens is 560 g/mol. The van der Waals surface area contributed by atoms with Crippen molar-refractivity contribution in [2.24, 2.45) is 23.5 Å². The van der Waals surface area contributed by atoms with Crippen molar-refractivity contribution in [1.29, 1.82) is 0 Å². The minimum atomic E-state index is -0.913. The van der Waals surface area contributed by atoms with E-state index in [-0.39, 0.29) is 23.9 Å². The Labute approximate surface area is 266 Å². The van der Waals surface area contributed by atoms with E-state index in [4.69, 9.17) is 20.3 Å². The second-order valence-corrected chi connectivity index (χ2v) is 12.7. The summed E-state index contributed by atoms with van der Waals surface area (Å²) < 4.78 is 11.3. The number of amides is 1. The maximum absolute atomic E-state index is 12.8. The summed E-state index contributed by atoms with van der Waals surface area (Å²) in [5.74, 6) is -0.990. The van der Waals surface area contributed by atoms with Gasteiger partial charge in [-0.05, 0) is 50.4 Å². The SMILES string of the molecule is CC(C)C[C@H](N)C(=O)O.CCCCC/C=C\C/C=C\C[C@@H](C[C@@H]1OC(=O)[C@H]1CCCCCC)OC(=O)[C@H](CC(C)C)NC=O. The van der Waals surface area contributed by atoms with Crippen LogP contribution in [0.25, 0.3) is 0 Å². The number of hydrogen-bond donors (Lipinski definition) is 3. The quantitative estimate of drug-likeness (QED) is 0.0457. The molecule has 1 fully saturated rings. The number of carboxylic acids is 1. The zero-order valence-corrected chi connectivity index (χ0v) is 28.3. The van der Waals surface area contributed by atoms with Crippen LogP contribution in [0.1, 0.15) is 131 Å². The van der Waals surface area contributed by atoms with E-state index in [1.165, 1.54) is 25.7 Å². The van der Waals surface area contributed by atoms with Gasteiger partial charge in [0.2, 0.25) is 6.41 Å². The van der Waals surface area contributed by atoms with Gasteiger partial charge in [0.1, 0.15) is 24.3 Å². The topological polar surface area (TPSA) is 145 Å². The van der Waals surface area contributed by atoms with E-state index < -0.39 is 30.1 Å². The predicted octanol–water partition coefficient (Wildman–Crippen LogP) is 6.88. The first kappa shape index (κ1) is 41.3. The van der Waals surface area contributed by atoms with E-state index in [2.05, 4.69) is 37.4 Å². The van der Waals surface area contributed by atoms with Crippen LogP contribution < -0.4 is 11.1 Å². The van der Waals surface area contributed by atoms with E-state index in [0.29, 0.717) is 38.0 Å². The smallest absolute Gasteiger partial charge is 0.328 e. The number of rotatable bonds is 24. The molecule has 0 bridgehead atoms. The molecule has 0 unspecified atom stereocenters. The van der Waals surface area contributed by atoms with Gasteiger partial charge in [-0.2, -0.15) is 0 Å². The Kier molecular flexibility index (Phi) is 24.1. The van der Waals surface area contributed by atoms with Gasteiger partial charge >= 0.3 is 17.9 Å². The number of carbonyl (C=O) groups excluding carboxylic acids is 3. The highest BCUT2D eigenvalue weighted by atomic mass is 16.6. The number of nitrogens with two attached hydrogens (primary N) is 1. The van der Waals surface area contributed by atoms with Crippen molar-refractivity contribution in [2.45, 2.75) is 156 Å². The Bertz CT molecular complexity index is 856. The second kappa shape index (κ2) is 25.6. The molecule has 0 aromatic heterocycles. The van der Waals surface area contributed by atoms with E-state index in [0.717, 1.165) is 38.5 Å². The molecule has 1 amide bonds. The van der Waals surface area contributed by atoms with Crippen LogP contribution in [0.2, 0.25) is 0 Å². The predicted molar refractivity (Wildman–Crippen MR) is 176 cm³/mol. The number of nitrogens with one attached hydrogen (secondary N) is 1. The molecule has 0 aromatic rings. The van der Waals surface area contributed by atoms with Crippen molar-refractivity contribution in [1.82, 2.24) is 5.32 Å². The number of allylic oxidation sites excluding steroid dienone is 3. The van der Waals surface area contributed by atoms with Gasteiger partial charge in [0.15, 0.2) is 0 Å². The summed E-state index contributed by atoms with van der Waals surface area (Å²) in [6.07, 6.45) is 21.5. The van der Waals surface area contributed by atoms with Gasteiger partial charge in [0.05, 0.1) is 5.92 Å². The summed E-state index contributed by atoms with van der Waals surface area (Å²) in [5, 5.41) is 10.9. The molecule has 254 valence electrons. The Morgan fingerprint density at radius 1 is 0.955 bits per heavy atom. The van der Waals surface area contributed by atoms with Crippen LogP contribution in [0.3, 0.4) is 0 Å². The second-order valence-electron chi connectivity index (χ2n) is 12.7. The van der Waals surface area contributed by atoms with Crippen LogP contribution in [0.15, 0.2) is 24.3 Å². The lowest BCUT2D eigenvalue weighted by Crippen LogP contribution is -2.48. The average Bonchev–Trinajstić information content (AvgIpc) is 2.95. The Morgan fingerprint density at radius 2 is 1.59 bits per heavy atom. The van der Waals surface area contributed by atoms with Crippen molar-refractivity contribution >= 4 is 24.3 Å². The van der Waals surface area contributed by atoms with Crippen molar-refractivity contribution in [3.8, 4) is 0 Å². The normalized spacial score (nSPS) is 18.3. The highest BCUT2D eigenvalue weighted by molar-refractivity contribution is 5.79. The molecule has 1 rings (SSSR count). The van der Waals surface area contributed by atoms with Crippen LogP contribution in [-0.4, -0.2) is 53.7 Å². The molecular formula is C35H62N2O7. The highest BCUT2D eigenvalue weighted by Crippen LogP contribution is 2.32. The Balaban J connectivity index is 0.00000177. The molecule has 1 aliphatic rings. The molecule has 0 radical (unpaired) electrons.